The SMILES string of the molecule is COc1ccc(S(=O)(=O)N2CCCCCC2)cc1C(=O)NNC(=O)c1cc(-c2ccccc2)n[nH]1. The Balaban J connectivity index is 1.48. The Morgan fingerprint density at radius 3 is 2.31 bits per heavy atom. The molecule has 1 fully saturated rings. The van der Waals surface area contributed by atoms with Gasteiger partial charge in [-0.05, 0) is 37.1 Å². The molecule has 11 heteroatoms. The summed E-state index contributed by atoms with van der Waals surface area (Å²) < 4.78 is 33.0. The maximum absolute atomic E-state index is 13.2. The summed E-state index contributed by atoms with van der Waals surface area (Å²) in [5, 5.41) is 6.76. The van der Waals surface area contributed by atoms with Crippen molar-refractivity contribution < 1.29 is 22.7 Å². The number of hydrazine groups is 1. The van der Waals surface area contributed by atoms with Crippen LogP contribution in [0.25, 0.3) is 11.3 Å². The number of methoxy groups -OCH3 is 1. The fourth-order valence-corrected chi connectivity index (χ4v) is 5.44. The second-order valence-electron chi connectivity index (χ2n) is 8.12. The molecular formula is C24H27N5O5S. The summed E-state index contributed by atoms with van der Waals surface area (Å²) in [5.41, 5.74) is 6.18. The molecule has 4 rings (SSSR count). The average Bonchev–Trinajstić information content (AvgIpc) is 3.22. The molecule has 0 radical (unpaired) electrons. The number of H-pyrrole nitrogens is 1. The van der Waals surface area contributed by atoms with E-state index in [1.54, 1.807) is 6.07 Å². The molecule has 1 aromatic heterocycles. The van der Waals surface area contributed by atoms with E-state index in [2.05, 4.69) is 21.0 Å². The van der Waals surface area contributed by atoms with Crippen molar-refractivity contribution in [1.82, 2.24) is 25.4 Å². The van der Waals surface area contributed by atoms with Gasteiger partial charge in [0, 0.05) is 18.7 Å². The van der Waals surface area contributed by atoms with Crippen LogP contribution in [0, 0.1) is 0 Å². The van der Waals surface area contributed by atoms with Crippen LogP contribution in [-0.4, -0.2) is 54.9 Å². The highest BCUT2D eigenvalue weighted by Gasteiger charge is 2.27. The average molecular weight is 498 g/mol. The van der Waals surface area contributed by atoms with Gasteiger partial charge in [0.15, 0.2) is 0 Å². The van der Waals surface area contributed by atoms with Gasteiger partial charge < -0.3 is 4.74 Å². The minimum atomic E-state index is -3.77. The highest BCUT2D eigenvalue weighted by molar-refractivity contribution is 7.89. The van der Waals surface area contributed by atoms with Crippen LogP contribution in [0.5, 0.6) is 5.75 Å². The van der Waals surface area contributed by atoms with Gasteiger partial charge in [0.1, 0.15) is 11.4 Å². The Kier molecular flexibility index (Phi) is 7.47. The predicted molar refractivity (Wildman–Crippen MR) is 129 cm³/mol. The van der Waals surface area contributed by atoms with Crippen molar-refractivity contribution in [2.45, 2.75) is 30.6 Å². The van der Waals surface area contributed by atoms with Crippen molar-refractivity contribution in [1.29, 1.82) is 0 Å². The van der Waals surface area contributed by atoms with Crippen LogP contribution in [0.2, 0.25) is 0 Å². The van der Waals surface area contributed by atoms with Crippen LogP contribution in [0.1, 0.15) is 46.5 Å². The molecule has 0 atom stereocenters. The molecule has 10 nitrogen and oxygen atoms in total. The van der Waals surface area contributed by atoms with Gasteiger partial charge in [0.05, 0.1) is 23.3 Å². The zero-order valence-electron chi connectivity index (χ0n) is 19.3. The largest absolute Gasteiger partial charge is 0.496 e. The number of nitrogens with zero attached hydrogens (tertiary/aromatic N) is 2. The molecule has 2 amide bonds. The van der Waals surface area contributed by atoms with E-state index in [-0.39, 0.29) is 21.9 Å². The summed E-state index contributed by atoms with van der Waals surface area (Å²) in [6.07, 6.45) is 3.58. The van der Waals surface area contributed by atoms with E-state index in [0.717, 1.165) is 31.2 Å². The third kappa shape index (κ3) is 5.52. The molecule has 2 heterocycles. The maximum atomic E-state index is 13.2. The summed E-state index contributed by atoms with van der Waals surface area (Å²) in [4.78, 5) is 25.4. The lowest BCUT2D eigenvalue weighted by Crippen LogP contribution is -2.42. The zero-order valence-corrected chi connectivity index (χ0v) is 20.1. The Labute approximate surface area is 203 Å². The van der Waals surface area contributed by atoms with Gasteiger partial charge in [-0.25, -0.2) is 8.42 Å². The number of ether oxygens (including phenoxy) is 1. The van der Waals surface area contributed by atoms with Gasteiger partial charge in [-0.1, -0.05) is 43.2 Å². The monoisotopic (exact) mass is 497 g/mol. The molecule has 3 N–H and O–H groups in total. The first-order chi connectivity index (χ1) is 16.9. The Bertz CT molecular complexity index is 1300. The molecule has 0 spiro atoms. The van der Waals surface area contributed by atoms with Crippen LogP contribution in [-0.2, 0) is 10.0 Å². The van der Waals surface area contributed by atoms with Crippen LogP contribution >= 0.6 is 0 Å². The molecule has 1 aliphatic rings. The van der Waals surface area contributed by atoms with Crippen LogP contribution in [0.3, 0.4) is 0 Å². The number of carbonyl (C=O) groups is 2. The van der Waals surface area contributed by atoms with Crippen molar-refractivity contribution in [2.24, 2.45) is 0 Å². The number of sulfonamides is 1. The van der Waals surface area contributed by atoms with Crippen molar-refractivity contribution in [2.75, 3.05) is 20.2 Å². The molecule has 35 heavy (non-hydrogen) atoms. The molecule has 3 aromatic rings. The van der Waals surface area contributed by atoms with Crippen molar-refractivity contribution in [3.05, 3.63) is 65.9 Å². The number of aromatic amines is 1. The predicted octanol–water partition coefficient (Wildman–Crippen LogP) is 2.72. The van der Waals surface area contributed by atoms with E-state index in [9.17, 15) is 18.0 Å². The first-order valence-electron chi connectivity index (χ1n) is 11.3. The minimum absolute atomic E-state index is 0.00209. The van der Waals surface area contributed by atoms with E-state index in [0.29, 0.717) is 18.8 Å². The van der Waals surface area contributed by atoms with Gasteiger partial charge in [-0.15, -0.1) is 0 Å². The fraction of sp³-hybridized carbons (Fsp3) is 0.292. The normalized spacial score (nSPS) is 14.7. The van der Waals surface area contributed by atoms with E-state index >= 15 is 0 Å². The molecular weight excluding hydrogens is 470 g/mol. The number of hydrogen-bond donors (Lipinski definition) is 3. The van der Waals surface area contributed by atoms with Gasteiger partial charge in [0.25, 0.3) is 11.8 Å². The molecule has 0 aliphatic carbocycles. The molecule has 1 saturated heterocycles. The second-order valence-corrected chi connectivity index (χ2v) is 10.1. The number of aromatic nitrogens is 2. The zero-order chi connectivity index (χ0) is 24.8. The Morgan fingerprint density at radius 1 is 0.943 bits per heavy atom. The Hall–Kier alpha value is -3.70. The lowest BCUT2D eigenvalue weighted by atomic mass is 10.1. The van der Waals surface area contributed by atoms with Crippen molar-refractivity contribution in [3.8, 4) is 17.0 Å². The van der Waals surface area contributed by atoms with Gasteiger partial charge in [0.2, 0.25) is 10.0 Å². The van der Waals surface area contributed by atoms with E-state index in [1.807, 2.05) is 30.3 Å². The molecule has 0 unspecified atom stereocenters. The summed E-state index contributed by atoms with van der Waals surface area (Å²) in [6.45, 7) is 0.891. The summed E-state index contributed by atoms with van der Waals surface area (Å²) in [6, 6.07) is 15.0. The smallest absolute Gasteiger partial charge is 0.287 e. The number of benzene rings is 2. The van der Waals surface area contributed by atoms with Crippen LogP contribution in [0.4, 0.5) is 0 Å². The molecule has 184 valence electrons. The first kappa shape index (κ1) is 24.4. The lowest BCUT2D eigenvalue weighted by molar-refractivity contribution is 0.0842. The fourth-order valence-electron chi connectivity index (χ4n) is 3.90. The molecule has 1 aliphatic heterocycles. The quantitative estimate of drug-likeness (QED) is 0.449. The number of hydrogen-bond acceptors (Lipinski definition) is 6. The van der Waals surface area contributed by atoms with Crippen molar-refractivity contribution >= 4 is 21.8 Å². The third-order valence-corrected chi connectivity index (χ3v) is 7.69. The topological polar surface area (TPSA) is 133 Å². The lowest BCUT2D eigenvalue weighted by Gasteiger charge is -2.20. The van der Waals surface area contributed by atoms with Gasteiger partial charge in [-0.3, -0.25) is 25.5 Å². The van der Waals surface area contributed by atoms with E-state index < -0.39 is 21.8 Å². The van der Waals surface area contributed by atoms with Crippen LogP contribution < -0.4 is 15.6 Å². The van der Waals surface area contributed by atoms with Crippen molar-refractivity contribution in [3.63, 3.8) is 0 Å². The summed E-state index contributed by atoms with van der Waals surface area (Å²) in [5.74, 6) is -1.15. The maximum Gasteiger partial charge on any atom is 0.287 e. The highest BCUT2D eigenvalue weighted by Crippen LogP contribution is 2.26. The van der Waals surface area contributed by atoms with Gasteiger partial charge in [-0.2, -0.15) is 9.40 Å². The van der Waals surface area contributed by atoms with Crippen LogP contribution in [0.15, 0.2) is 59.5 Å². The Morgan fingerprint density at radius 2 is 1.63 bits per heavy atom. The number of nitrogens with one attached hydrogen (secondary N) is 3. The summed E-state index contributed by atoms with van der Waals surface area (Å²) >= 11 is 0. The first-order valence-corrected chi connectivity index (χ1v) is 12.7. The number of carbonyl (C=O) groups excluding carboxylic acids is 2. The second kappa shape index (κ2) is 10.7. The van der Waals surface area contributed by atoms with E-state index in [1.165, 1.54) is 29.6 Å². The van der Waals surface area contributed by atoms with Gasteiger partial charge >= 0.3 is 0 Å². The summed E-state index contributed by atoms with van der Waals surface area (Å²) in [7, 11) is -2.39. The minimum Gasteiger partial charge on any atom is -0.496 e. The number of rotatable bonds is 6. The van der Waals surface area contributed by atoms with E-state index in [4.69, 9.17) is 4.74 Å². The highest BCUT2D eigenvalue weighted by atomic mass is 32.2. The molecule has 0 saturated carbocycles. The third-order valence-electron chi connectivity index (χ3n) is 5.80. The number of amides is 2. The standard InChI is InChI=1S/C24H27N5O5S/c1-34-22-12-11-18(35(32,33)29-13-7-2-3-8-14-29)15-19(22)23(30)27-28-24(31)21-16-20(25-26-21)17-9-5-4-6-10-17/h4-6,9-12,15-16H,2-3,7-8,13-14H2,1H3,(H,25,26)(H,27,30)(H,28,31). The molecule has 0 bridgehead atoms. The molecule has 2 aromatic carbocycles.